The van der Waals surface area contributed by atoms with Crippen molar-refractivity contribution >= 4 is 11.6 Å². The highest BCUT2D eigenvalue weighted by atomic mass is 16.2. The third-order valence-corrected chi connectivity index (χ3v) is 3.40. The van der Waals surface area contributed by atoms with Gasteiger partial charge >= 0.3 is 0 Å². The van der Waals surface area contributed by atoms with Gasteiger partial charge in [-0.25, -0.2) is 0 Å². The normalized spacial score (nSPS) is 18.5. The van der Waals surface area contributed by atoms with Crippen LogP contribution in [-0.4, -0.2) is 5.91 Å². The fourth-order valence-electron chi connectivity index (χ4n) is 2.50. The number of nitrogens with one attached hydrogen (secondary N) is 1. The van der Waals surface area contributed by atoms with Gasteiger partial charge < -0.3 is 0 Å². The molecule has 1 aliphatic rings. The van der Waals surface area contributed by atoms with Crippen LogP contribution in [0.2, 0.25) is 0 Å². The molecule has 19 heavy (non-hydrogen) atoms. The summed E-state index contributed by atoms with van der Waals surface area (Å²) in [5.41, 5.74) is 6.33. The highest BCUT2D eigenvalue weighted by Gasteiger charge is 2.31. The minimum atomic E-state index is 0.0646. The molecule has 0 spiro atoms. The molecule has 1 unspecified atom stereocenters. The molecule has 96 valence electrons. The highest BCUT2D eigenvalue weighted by molar-refractivity contribution is 5.83. The molecule has 3 rings (SSSR count). The summed E-state index contributed by atoms with van der Waals surface area (Å²) in [5, 5.41) is 1.96. The maximum atomic E-state index is 11.7. The smallest absolute Gasteiger partial charge is 0.241 e. The van der Waals surface area contributed by atoms with Crippen molar-refractivity contribution in [3.8, 4) is 0 Å². The summed E-state index contributed by atoms with van der Waals surface area (Å²) >= 11 is 0. The van der Waals surface area contributed by atoms with Gasteiger partial charge in [0.1, 0.15) is 0 Å². The van der Waals surface area contributed by atoms with E-state index >= 15 is 0 Å². The van der Waals surface area contributed by atoms with E-state index in [1.165, 1.54) is 11.1 Å². The first kappa shape index (κ1) is 11.8. The highest BCUT2D eigenvalue weighted by Crippen LogP contribution is 2.32. The predicted octanol–water partition coefficient (Wildman–Crippen LogP) is 2.98. The van der Waals surface area contributed by atoms with E-state index in [0.717, 1.165) is 5.69 Å². The molecule has 1 N–H and O–H groups in total. The van der Waals surface area contributed by atoms with Crippen LogP contribution >= 0.6 is 0 Å². The van der Waals surface area contributed by atoms with Crippen molar-refractivity contribution in [2.75, 3.05) is 5.01 Å². The van der Waals surface area contributed by atoms with Crippen molar-refractivity contribution in [1.29, 1.82) is 0 Å². The van der Waals surface area contributed by atoms with Gasteiger partial charge in [-0.2, -0.15) is 0 Å². The summed E-state index contributed by atoms with van der Waals surface area (Å²) in [6, 6.07) is 18.3. The topological polar surface area (TPSA) is 32.3 Å². The standard InChI is InChI=1S/C16H16N2O/c1-12-6-5-7-13(10-12)15-11-16(19)17-18(15)14-8-3-2-4-9-14/h2-10,15H,11H2,1H3,(H,17,19). The monoisotopic (exact) mass is 252 g/mol. The Hall–Kier alpha value is -2.29. The summed E-state index contributed by atoms with van der Waals surface area (Å²) in [6.07, 6.45) is 0.498. The summed E-state index contributed by atoms with van der Waals surface area (Å²) in [5.74, 6) is 0.0651. The number of para-hydroxylation sites is 1. The average Bonchev–Trinajstić information content (AvgIpc) is 2.82. The molecule has 3 nitrogen and oxygen atoms in total. The van der Waals surface area contributed by atoms with Crippen LogP contribution in [0.1, 0.15) is 23.6 Å². The van der Waals surface area contributed by atoms with Crippen molar-refractivity contribution in [2.24, 2.45) is 0 Å². The van der Waals surface area contributed by atoms with Crippen LogP contribution in [0, 0.1) is 6.92 Å². The van der Waals surface area contributed by atoms with Gasteiger partial charge in [-0.05, 0) is 24.6 Å². The number of hydrazine groups is 1. The van der Waals surface area contributed by atoms with Gasteiger partial charge in [0.15, 0.2) is 0 Å². The maximum absolute atomic E-state index is 11.7. The largest absolute Gasteiger partial charge is 0.278 e. The van der Waals surface area contributed by atoms with E-state index in [1.54, 1.807) is 0 Å². The number of hydrogen-bond donors (Lipinski definition) is 1. The van der Waals surface area contributed by atoms with E-state index in [-0.39, 0.29) is 11.9 Å². The van der Waals surface area contributed by atoms with Gasteiger partial charge in [-0.1, -0.05) is 48.0 Å². The molecule has 2 aromatic carbocycles. The van der Waals surface area contributed by atoms with Crippen molar-refractivity contribution in [2.45, 2.75) is 19.4 Å². The number of anilines is 1. The third kappa shape index (κ3) is 2.32. The second-order valence-electron chi connectivity index (χ2n) is 4.87. The summed E-state index contributed by atoms with van der Waals surface area (Å²) in [7, 11) is 0. The molecule has 1 aliphatic heterocycles. The van der Waals surface area contributed by atoms with Crippen LogP contribution in [0.5, 0.6) is 0 Å². The predicted molar refractivity (Wildman–Crippen MR) is 75.6 cm³/mol. The van der Waals surface area contributed by atoms with Gasteiger partial charge in [0.05, 0.1) is 18.2 Å². The molecule has 1 atom stereocenters. The van der Waals surface area contributed by atoms with E-state index in [1.807, 2.05) is 41.4 Å². The first-order valence-electron chi connectivity index (χ1n) is 6.44. The Balaban J connectivity index is 1.97. The zero-order chi connectivity index (χ0) is 13.2. The van der Waals surface area contributed by atoms with E-state index in [4.69, 9.17) is 0 Å². The zero-order valence-electron chi connectivity index (χ0n) is 10.8. The molecule has 1 amide bonds. The molecule has 0 saturated carbocycles. The Morgan fingerprint density at radius 1 is 1.11 bits per heavy atom. The number of hydrogen-bond acceptors (Lipinski definition) is 2. The molecule has 0 bridgehead atoms. The Labute approximate surface area is 112 Å². The maximum Gasteiger partial charge on any atom is 0.241 e. The van der Waals surface area contributed by atoms with Crippen molar-refractivity contribution in [1.82, 2.24) is 5.43 Å². The molecular formula is C16H16N2O. The van der Waals surface area contributed by atoms with Crippen LogP contribution in [0.15, 0.2) is 54.6 Å². The molecular weight excluding hydrogens is 236 g/mol. The van der Waals surface area contributed by atoms with Crippen molar-refractivity contribution in [3.05, 3.63) is 65.7 Å². The third-order valence-electron chi connectivity index (χ3n) is 3.40. The van der Waals surface area contributed by atoms with E-state index < -0.39 is 0 Å². The molecule has 2 aromatic rings. The number of carbonyl (C=O) groups is 1. The summed E-state index contributed by atoms with van der Waals surface area (Å²) in [4.78, 5) is 11.7. The minimum absolute atomic E-state index is 0.0646. The fraction of sp³-hybridized carbons (Fsp3) is 0.188. The Morgan fingerprint density at radius 2 is 1.89 bits per heavy atom. The van der Waals surface area contributed by atoms with Crippen LogP contribution in [-0.2, 0) is 4.79 Å². The Bertz CT molecular complexity index is 595. The number of aryl methyl sites for hydroxylation is 1. The van der Waals surface area contributed by atoms with Crippen LogP contribution in [0.4, 0.5) is 5.69 Å². The molecule has 0 radical (unpaired) electrons. The lowest BCUT2D eigenvalue weighted by Crippen LogP contribution is -2.34. The Morgan fingerprint density at radius 3 is 2.63 bits per heavy atom. The van der Waals surface area contributed by atoms with Gasteiger partial charge in [0, 0.05) is 0 Å². The number of amides is 1. The van der Waals surface area contributed by atoms with Gasteiger partial charge in [-0.15, -0.1) is 0 Å². The van der Waals surface area contributed by atoms with Gasteiger partial charge in [0.25, 0.3) is 0 Å². The lowest BCUT2D eigenvalue weighted by molar-refractivity contribution is -0.119. The lowest BCUT2D eigenvalue weighted by atomic mass is 10.0. The summed E-state index contributed by atoms with van der Waals surface area (Å²) < 4.78 is 0. The zero-order valence-corrected chi connectivity index (χ0v) is 10.8. The SMILES string of the molecule is Cc1cccc(C2CC(=O)NN2c2ccccc2)c1. The number of nitrogens with zero attached hydrogens (tertiary/aromatic N) is 1. The molecule has 1 fully saturated rings. The Kier molecular flexibility index (Phi) is 2.95. The molecule has 1 heterocycles. The first-order valence-corrected chi connectivity index (χ1v) is 6.44. The lowest BCUT2D eigenvalue weighted by Gasteiger charge is -2.25. The van der Waals surface area contributed by atoms with Crippen LogP contribution < -0.4 is 10.4 Å². The second kappa shape index (κ2) is 4.76. The quantitative estimate of drug-likeness (QED) is 0.891. The van der Waals surface area contributed by atoms with E-state index in [2.05, 4.69) is 30.5 Å². The molecule has 0 aromatic heterocycles. The number of benzene rings is 2. The van der Waals surface area contributed by atoms with Gasteiger partial charge in [0.2, 0.25) is 5.91 Å². The number of carbonyl (C=O) groups excluding carboxylic acids is 1. The molecule has 0 aliphatic carbocycles. The minimum Gasteiger partial charge on any atom is -0.278 e. The van der Waals surface area contributed by atoms with Crippen molar-refractivity contribution in [3.63, 3.8) is 0 Å². The molecule has 3 heteroatoms. The van der Waals surface area contributed by atoms with Crippen molar-refractivity contribution < 1.29 is 4.79 Å². The fourth-order valence-corrected chi connectivity index (χ4v) is 2.50. The molecule has 1 saturated heterocycles. The second-order valence-corrected chi connectivity index (χ2v) is 4.87. The average molecular weight is 252 g/mol. The summed E-state index contributed by atoms with van der Waals surface area (Å²) in [6.45, 7) is 2.07. The number of rotatable bonds is 2. The van der Waals surface area contributed by atoms with Crippen LogP contribution in [0.25, 0.3) is 0 Å². The van der Waals surface area contributed by atoms with Crippen LogP contribution in [0.3, 0.4) is 0 Å². The first-order chi connectivity index (χ1) is 9.24. The van der Waals surface area contributed by atoms with E-state index in [0.29, 0.717) is 6.42 Å². The van der Waals surface area contributed by atoms with E-state index in [9.17, 15) is 4.79 Å². The van der Waals surface area contributed by atoms with Gasteiger partial charge in [-0.3, -0.25) is 15.2 Å².